The lowest BCUT2D eigenvalue weighted by atomic mass is 10.0. The molecule has 2 aromatic rings. The zero-order valence-corrected chi connectivity index (χ0v) is 17.0. The number of rotatable bonds is 7. The number of nitrogens with two attached hydrogens (primary N) is 1. The number of carbonyl (C=O) groups is 1. The molecule has 0 unspecified atom stereocenters. The highest BCUT2D eigenvalue weighted by molar-refractivity contribution is 7.86. The molecular weight excluding hydrogens is 376 g/mol. The third kappa shape index (κ3) is 3.94. The number of carbonyl (C=O) groups excluding carboxylic acids is 1. The molecular formula is C20H26N4O3S. The van der Waals surface area contributed by atoms with Gasteiger partial charge in [-0.05, 0) is 36.6 Å². The Morgan fingerprint density at radius 1 is 1.21 bits per heavy atom. The second-order valence-electron chi connectivity index (χ2n) is 6.78. The van der Waals surface area contributed by atoms with Crippen molar-refractivity contribution < 1.29 is 13.2 Å². The minimum absolute atomic E-state index is 0.253. The maximum Gasteiger partial charge on any atom is 0.282 e. The first-order valence-electron chi connectivity index (χ1n) is 9.51. The second-order valence-corrected chi connectivity index (χ2v) is 8.66. The van der Waals surface area contributed by atoms with Crippen LogP contribution in [0.15, 0.2) is 42.6 Å². The van der Waals surface area contributed by atoms with E-state index in [1.165, 1.54) is 4.31 Å². The van der Waals surface area contributed by atoms with Crippen molar-refractivity contribution in [2.24, 2.45) is 5.73 Å². The van der Waals surface area contributed by atoms with Crippen molar-refractivity contribution in [3.8, 4) is 11.1 Å². The summed E-state index contributed by atoms with van der Waals surface area (Å²) in [5, 5.41) is 0. The summed E-state index contributed by atoms with van der Waals surface area (Å²) in [6.07, 6.45) is 3.29. The number of primary amides is 1. The maximum absolute atomic E-state index is 12.9. The minimum atomic E-state index is -3.50. The molecule has 7 nitrogen and oxygen atoms in total. The van der Waals surface area contributed by atoms with Crippen LogP contribution in [0.4, 0.5) is 0 Å². The first-order valence-corrected chi connectivity index (χ1v) is 10.9. The molecule has 1 saturated heterocycles. The Hall–Kier alpha value is -2.29. The van der Waals surface area contributed by atoms with Crippen molar-refractivity contribution in [2.45, 2.75) is 32.7 Å². The third-order valence-electron chi connectivity index (χ3n) is 5.14. The van der Waals surface area contributed by atoms with E-state index in [0.717, 1.165) is 29.7 Å². The van der Waals surface area contributed by atoms with Crippen molar-refractivity contribution in [3.05, 3.63) is 53.9 Å². The summed E-state index contributed by atoms with van der Waals surface area (Å²) in [7, 11) is -3.50. The van der Waals surface area contributed by atoms with Gasteiger partial charge >= 0.3 is 0 Å². The predicted octanol–water partition coefficient (Wildman–Crippen LogP) is 2.57. The Balaban J connectivity index is 1.87. The molecule has 1 amide bonds. The molecule has 1 aromatic heterocycles. The van der Waals surface area contributed by atoms with Crippen LogP contribution in [0, 0.1) is 0 Å². The largest absolute Gasteiger partial charge is 0.366 e. The van der Waals surface area contributed by atoms with Crippen LogP contribution >= 0.6 is 0 Å². The summed E-state index contributed by atoms with van der Waals surface area (Å²) in [6.45, 7) is 5.10. The molecule has 1 aliphatic rings. The van der Waals surface area contributed by atoms with Gasteiger partial charge in [0.1, 0.15) is 0 Å². The fourth-order valence-electron chi connectivity index (χ4n) is 3.64. The number of pyridine rings is 1. The Morgan fingerprint density at radius 2 is 1.96 bits per heavy atom. The van der Waals surface area contributed by atoms with Gasteiger partial charge in [0, 0.05) is 37.0 Å². The highest BCUT2D eigenvalue weighted by Gasteiger charge is 2.38. The fraction of sp³-hybridized carbons (Fsp3) is 0.400. The van der Waals surface area contributed by atoms with Crippen LogP contribution in [0.5, 0.6) is 0 Å². The van der Waals surface area contributed by atoms with Gasteiger partial charge in [-0.1, -0.05) is 32.0 Å². The van der Waals surface area contributed by atoms with Gasteiger partial charge in [-0.15, -0.1) is 0 Å². The van der Waals surface area contributed by atoms with Crippen LogP contribution in [0.1, 0.15) is 48.8 Å². The highest BCUT2D eigenvalue weighted by Crippen LogP contribution is 2.35. The number of hydrogen-bond acceptors (Lipinski definition) is 4. The summed E-state index contributed by atoms with van der Waals surface area (Å²) in [5.74, 6) is -0.477. The molecule has 2 heterocycles. The van der Waals surface area contributed by atoms with Gasteiger partial charge in [-0.2, -0.15) is 17.0 Å². The van der Waals surface area contributed by atoms with Crippen molar-refractivity contribution in [2.75, 3.05) is 19.6 Å². The van der Waals surface area contributed by atoms with Gasteiger partial charge in [-0.25, -0.2) is 0 Å². The molecule has 150 valence electrons. The minimum Gasteiger partial charge on any atom is -0.366 e. The van der Waals surface area contributed by atoms with Crippen molar-refractivity contribution >= 4 is 16.1 Å². The summed E-state index contributed by atoms with van der Waals surface area (Å²) in [6, 6.07) is 10.6. The summed E-state index contributed by atoms with van der Waals surface area (Å²) in [4.78, 5) is 15.9. The van der Waals surface area contributed by atoms with Gasteiger partial charge in [0.15, 0.2) is 0 Å². The van der Waals surface area contributed by atoms with E-state index in [1.54, 1.807) is 28.7 Å². The van der Waals surface area contributed by atoms with Crippen LogP contribution in [0.25, 0.3) is 11.1 Å². The smallest absolute Gasteiger partial charge is 0.282 e. The Morgan fingerprint density at radius 3 is 2.57 bits per heavy atom. The monoisotopic (exact) mass is 402 g/mol. The van der Waals surface area contributed by atoms with Gasteiger partial charge < -0.3 is 5.73 Å². The third-order valence-corrected chi connectivity index (χ3v) is 7.34. The van der Waals surface area contributed by atoms with Crippen LogP contribution in [0.2, 0.25) is 0 Å². The molecule has 0 radical (unpaired) electrons. The van der Waals surface area contributed by atoms with E-state index in [0.29, 0.717) is 25.2 Å². The first kappa shape index (κ1) is 20.4. The topological polar surface area (TPSA) is 96.6 Å². The van der Waals surface area contributed by atoms with Gasteiger partial charge in [0.25, 0.3) is 10.2 Å². The average molecular weight is 403 g/mol. The Labute approximate surface area is 166 Å². The number of amides is 1. The van der Waals surface area contributed by atoms with E-state index < -0.39 is 16.1 Å². The molecule has 3 rings (SSSR count). The molecule has 0 spiro atoms. The quantitative estimate of drug-likeness (QED) is 0.770. The Bertz CT molecular complexity index is 940. The normalized spacial score (nSPS) is 17.9. The number of hydrogen-bond donors (Lipinski definition) is 1. The van der Waals surface area contributed by atoms with Crippen molar-refractivity contribution in [1.29, 1.82) is 0 Å². The molecule has 0 bridgehead atoms. The molecule has 1 atom stereocenters. The van der Waals surface area contributed by atoms with E-state index >= 15 is 0 Å². The molecule has 1 aromatic carbocycles. The molecule has 28 heavy (non-hydrogen) atoms. The van der Waals surface area contributed by atoms with E-state index in [9.17, 15) is 13.2 Å². The SMILES string of the molecule is CCN(CC)S(=O)(=O)N1CCC[C@H]1c1ccc(-c2cccc(C(N)=O)c2)cn1. The Kier molecular flexibility index (Phi) is 6.12. The lowest BCUT2D eigenvalue weighted by Crippen LogP contribution is -2.43. The molecule has 0 saturated carbocycles. The molecule has 0 aliphatic carbocycles. The van der Waals surface area contributed by atoms with E-state index in [2.05, 4.69) is 4.98 Å². The zero-order chi connectivity index (χ0) is 20.3. The standard InChI is InChI=1S/C20H26N4O3S/c1-3-23(4-2)28(26,27)24-12-6-9-19(24)18-11-10-17(14-22-18)15-7-5-8-16(13-15)20(21)25/h5,7-8,10-11,13-14,19H,3-4,6,9,12H2,1-2H3,(H2,21,25)/t19-/m0/s1. The highest BCUT2D eigenvalue weighted by atomic mass is 32.2. The number of aromatic nitrogens is 1. The number of benzene rings is 1. The average Bonchev–Trinajstić information content (AvgIpc) is 3.20. The van der Waals surface area contributed by atoms with E-state index in [-0.39, 0.29) is 6.04 Å². The van der Waals surface area contributed by atoms with Crippen molar-refractivity contribution in [3.63, 3.8) is 0 Å². The maximum atomic E-state index is 12.9. The first-order chi connectivity index (χ1) is 13.4. The van der Waals surface area contributed by atoms with Crippen LogP contribution in [-0.4, -0.2) is 47.6 Å². The summed E-state index contributed by atoms with van der Waals surface area (Å²) in [5.41, 5.74) is 8.22. The van der Waals surface area contributed by atoms with E-state index in [1.807, 2.05) is 32.0 Å². The lowest BCUT2D eigenvalue weighted by Gasteiger charge is -2.29. The van der Waals surface area contributed by atoms with Crippen LogP contribution < -0.4 is 5.73 Å². The van der Waals surface area contributed by atoms with Gasteiger partial charge in [0.2, 0.25) is 5.91 Å². The lowest BCUT2D eigenvalue weighted by molar-refractivity contribution is 0.100. The van der Waals surface area contributed by atoms with Crippen molar-refractivity contribution in [1.82, 2.24) is 13.6 Å². The summed E-state index contributed by atoms with van der Waals surface area (Å²) >= 11 is 0. The number of nitrogens with zero attached hydrogens (tertiary/aromatic N) is 3. The molecule has 1 aliphatic heterocycles. The zero-order valence-electron chi connectivity index (χ0n) is 16.2. The molecule has 8 heteroatoms. The summed E-state index contributed by atoms with van der Waals surface area (Å²) < 4.78 is 28.9. The molecule has 1 fully saturated rings. The second kappa shape index (κ2) is 8.38. The fourth-order valence-corrected chi connectivity index (χ4v) is 5.48. The van der Waals surface area contributed by atoms with Crippen LogP contribution in [-0.2, 0) is 10.2 Å². The van der Waals surface area contributed by atoms with E-state index in [4.69, 9.17) is 5.73 Å². The van der Waals surface area contributed by atoms with Gasteiger partial charge in [0.05, 0.1) is 11.7 Å². The predicted molar refractivity (Wildman–Crippen MR) is 109 cm³/mol. The van der Waals surface area contributed by atoms with Crippen LogP contribution in [0.3, 0.4) is 0 Å². The molecule has 2 N–H and O–H groups in total. The van der Waals surface area contributed by atoms with Gasteiger partial charge in [-0.3, -0.25) is 9.78 Å².